The number of anilines is 3. The van der Waals surface area contributed by atoms with E-state index in [1.165, 1.54) is 38.7 Å². The molecule has 6 aromatic rings. The average molecular weight is 560 g/mol. The Morgan fingerprint density at radius 3 is 2.35 bits per heavy atom. The Morgan fingerprint density at radius 1 is 0.698 bits per heavy atom. The van der Waals surface area contributed by atoms with Crippen molar-refractivity contribution in [3.63, 3.8) is 0 Å². The molecule has 5 heterocycles. The average Bonchev–Trinajstić information content (AvgIpc) is 3.68. The van der Waals surface area contributed by atoms with E-state index in [2.05, 4.69) is 139 Å². The van der Waals surface area contributed by atoms with Gasteiger partial charge in [-0.1, -0.05) is 54.6 Å². The van der Waals surface area contributed by atoms with E-state index in [-0.39, 0.29) is 12.6 Å². The number of fused-ring (bicyclic) bond motifs is 8. The Kier molecular flexibility index (Phi) is 5.33. The molecule has 9 rings (SSSR count). The summed E-state index contributed by atoms with van der Waals surface area (Å²) >= 11 is 0. The minimum atomic E-state index is -0.193. The molecule has 0 saturated heterocycles. The van der Waals surface area contributed by atoms with Crippen LogP contribution in [0.15, 0.2) is 133 Å². The third kappa shape index (κ3) is 3.68. The number of para-hydroxylation sites is 1. The molecule has 0 bridgehead atoms. The minimum absolute atomic E-state index is 0.0171. The predicted octanol–water partition coefficient (Wildman–Crippen LogP) is 7.52. The van der Waals surface area contributed by atoms with E-state index in [0.717, 1.165) is 29.0 Å². The van der Waals surface area contributed by atoms with Crippen molar-refractivity contribution in [3.8, 4) is 22.3 Å². The van der Waals surface area contributed by atoms with Gasteiger partial charge >= 0.3 is 0 Å². The molecule has 3 N–H and O–H groups in total. The molecule has 208 valence electrons. The van der Waals surface area contributed by atoms with Gasteiger partial charge < -0.3 is 24.7 Å². The van der Waals surface area contributed by atoms with Gasteiger partial charge in [0.25, 0.3) is 0 Å². The number of hydrogen-bond donors (Lipinski definition) is 3. The van der Waals surface area contributed by atoms with E-state index in [0.29, 0.717) is 0 Å². The predicted molar refractivity (Wildman–Crippen MR) is 176 cm³/mol. The van der Waals surface area contributed by atoms with Crippen LogP contribution in [0.2, 0.25) is 0 Å². The van der Waals surface area contributed by atoms with Crippen LogP contribution in [0.25, 0.3) is 44.1 Å². The van der Waals surface area contributed by atoms with Crippen molar-refractivity contribution >= 4 is 45.1 Å². The third-order valence-corrected chi connectivity index (χ3v) is 8.70. The van der Waals surface area contributed by atoms with Gasteiger partial charge in [0.1, 0.15) is 0 Å². The maximum atomic E-state index is 4.70. The first-order valence-electron chi connectivity index (χ1n) is 14.7. The number of nitrogens with zero attached hydrogens (tertiary/aromatic N) is 4. The molecule has 43 heavy (non-hydrogen) atoms. The van der Waals surface area contributed by atoms with Crippen molar-refractivity contribution in [2.75, 3.05) is 11.4 Å². The highest BCUT2D eigenvalue weighted by molar-refractivity contribution is 6.13. The van der Waals surface area contributed by atoms with E-state index >= 15 is 0 Å². The van der Waals surface area contributed by atoms with Crippen LogP contribution in [0, 0.1) is 0 Å². The summed E-state index contributed by atoms with van der Waals surface area (Å²) in [5, 5.41) is 12.8. The molecule has 0 amide bonds. The summed E-state index contributed by atoms with van der Waals surface area (Å²) < 4.78 is 4.50. The third-order valence-electron chi connectivity index (χ3n) is 8.70. The van der Waals surface area contributed by atoms with Crippen molar-refractivity contribution in [2.45, 2.75) is 12.6 Å². The van der Waals surface area contributed by atoms with Gasteiger partial charge in [-0.2, -0.15) is 0 Å². The largest absolute Gasteiger partial charge is 0.359 e. The molecule has 2 atom stereocenters. The fourth-order valence-corrected chi connectivity index (χ4v) is 6.78. The van der Waals surface area contributed by atoms with Gasteiger partial charge in [0.15, 0.2) is 12.6 Å². The first-order chi connectivity index (χ1) is 21.3. The smallest absolute Gasteiger partial charge is 0.199 e. The summed E-state index contributed by atoms with van der Waals surface area (Å²) in [5.41, 5.74) is 10.6. The molecular formula is C36H29N7. The number of allylic oxidation sites excluding steroid dienone is 1. The number of nitrogens with one attached hydrogen (secondary N) is 3. The standard InChI is InChI=1S/C36H29N7/c1-2-8-25(9-3-1)43-33-23-32-24(14-20-42(32)36-39-18-7-19-40-36)22-30(33)27-11-5-4-10-26(27)28-12-13-31-29(34(28)43)15-21-41(31)35-37-16-6-17-38-35/h1-16,18-23,35-39H,17H2. The molecule has 7 nitrogen and oxygen atoms in total. The summed E-state index contributed by atoms with van der Waals surface area (Å²) in [4.78, 5) is 7.15. The van der Waals surface area contributed by atoms with Gasteiger partial charge in [-0.15, -0.1) is 0 Å². The van der Waals surface area contributed by atoms with Crippen LogP contribution in [-0.4, -0.2) is 21.9 Å². The van der Waals surface area contributed by atoms with Crippen LogP contribution in [0.1, 0.15) is 12.6 Å². The fraction of sp³-hybridized carbons (Fsp3) is 0.0833. The summed E-state index contributed by atoms with van der Waals surface area (Å²) in [5.74, 6) is 0. The highest BCUT2D eigenvalue weighted by Gasteiger charge is 2.30. The molecule has 0 spiro atoms. The molecule has 7 heteroatoms. The van der Waals surface area contributed by atoms with Gasteiger partial charge in [-0.25, -0.2) is 4.99 Å². The normalized spacial score (nSPS) is 18.6. The maximum Gasteiger partial charge on any atom is 0.199 e. The number of hydrogen-bond acceptors (Lipinski definition) is 5. The zero-order valence-electron chi connectivity index (χ0n) is 23.4. The lowest BCUT2D eigenvalue weighted by Crippen LogP contribution is -2.38. The zero-order chi connectivity index (χ0) is 28.3. The quantitative estimate of drug-likeness (QED) is 0.210. The van der Waals surface area contributed by atoms with Gasteiger partial charge in [-0.05, 0) is 65.9 Å². The molecule has 0 fully saturated rings. The Labute approximate surface area is 249 Å². The Balaban J connectivity index is 1.37. The van der Waals surface area contributed by atoms with E-state index in [1.54, 1.807) is 0 Å². The first-order valence-corrected chi connectivity index (χ1v) is 14.7. The fourth-order valence-electron chi connectivity index (χ4n) is 6.78. The number of aromatic nitrogens is 2. The van der Waals surface area contributed by atoms with Crippen molar-refractivity contribution < 1.29 is 0 Å². The molecule has 0 radical (unpaired) electrons. The summed E-state index contributed by atoms with van der Waals surface area (Å²) in [6.45, 7) is 0.824. The minimum Gasteiger partial charge on any atom is -0.359 e. The highest BCUT2D eigenvalue weighted by Crippen LogP contribution is 2.54. The van der Waals surface area contributed by atoms with Gasteiger partial charge in [0, 0.05) is 58.9 Å². The molecule has 0 saturated carbocycles. The lowest BCUT2D eigenvalue weighted by molar-refractivity contribution is 0.378. The van der Waals surface area contributed by atoms with Crippen LogP contribution in [0.3, 0.4) is 0 Å². The molecule has 3 aliphatic heterocycles. The van der Waals surface area contributed by atoms with Crippen LogP contribution >= 0.6 is 0 Å². The Morgan fingerprint density at radius 2 is 1.53 bits per heavy atom. The Hall–Kier alpha value is -5.53. The zero-order valence-corrected chi connectivity index (χ0v) is 23.4. The SMILES string of the molecule is C1=CNC(n2ccc3cc4c(cc32)N(c2ccccc2)c2c(ccc3c2ccn3C2NC=CCN2)-c2ccccc2-4)N=C1. The van der Waals surface area contributed by atoms with Gasteiger partial charge in [0.2, 0.25) is 0 Å². The van der Waals surface area contributed by atoms with Gasteiger partial charge in [0.05, 0.1) is 22.4 Å². The van der Waals surface area contributed by atoms with Crippen molar-refractivity contribution in [3.05, 3.63) is 128 Å². The first kappa shape index (κ1) is 24.1. The molecular weight excluding hydrogens is 530 g/mol. The lowest BCUT2D eigenvalue weighted by Gasteiger charge is -2.29. The summed E-state index contributed by atoms with van der Waals surface area (Å²) in [6, 6.07) is 33.2. The molecule has 4 aromatic carbocycles. The second-order valence-corrected chi connectivity index (χ2v) is 11.1. The topological polar surface area (TPSA) is 61.6 Å². The van der Waals surface area contributed by atoms with Crippen LogP contribution in [0.4, 0.5) is 17.1 Å². The summed E-state index contributed by atoms with van der Waals surface area (Å²) in [6.07, 6.45) is 13.9. The van der Waals surface area contributed by atoms with Crippen LogP contribution < -0.4 is 20.9 Å². The van der Waals surface area contributed by atoms with Crippen molar-refractivity contribution in [1.82, 2.24) is 25.1 Å². The van der Waals surface area contributed by atoms with Crippen molar-refractivity contribution in [2.24, 2.45) is 4.99 Å². The maximum absolute atomic E-state index is 4.70. The van der Waals surface area contributed by atoms with Crippen LogP contribution in [-0.2, 0) is 0 Å². The van der Waals surface area contributed by atoms with E-state index in [9.17, 15) is 0 Å². The van der Waals surface area contributed by atoms with Gasteiger partial charge in [-0.3, -0.25) is 5.32 Å². The second kappa shape index (κ2) is 9.51. The highest BCUT2D eigenvalue weighted by atomic mass is 15.3. The summed E-state index contributed by atoms with van der Waals surface area (Å²) in [7, 11) is 0. The van der Waals surface area contributed by atoms with Crippen molar-refractivity contribution in [1.29, 1.82) is 0 Å². The monoisotopic (exact) mass is 559 g/mol. The molecule has 2 aromatic heterocycles. The lowest BCUT2D eigenvalue weighted by atomic mass is 9.93. The second-order valence-electron chi connectivity index (χ2n) is 11.1. The molecule has 2 unspecified atom stereocenters. The van der Waals surface area contributed by atoms with Crippen LogP contribution in [0.5, 0.6) is 0 Å². The molecule has 3 aliphatic rings. The van der Waals surface area contributed by atoms with E-state index in [4.69, 9.17) is 4.99 Å². The van der Waals surface area contributed by atoms with E-state index in [1.807, 2.05) is 24.7 Å². The molecule has 0 aliphatic carbocycles. The number of aliphatic imine (C=N–C) groups is 1. The number of rotatable bonds is 3. The Bertz CT molecular complexity index is 2110. The van der Waals surface area contributed by atoms with E-state index < -0.39 is 0 Å². The number of benzene rings is 4.